The second-order valence-electron chi connectivity index (χ2n) is 14.4. The van der Waals surface area contributed by atoms with Crippen molar-refractivity contribution in [3.63, 3.8) is 0 Å². The van der Waals surface area contributed by atoms with E-state index in [4.69, 9.17) is 24.2 Å². The molecule has 8 bridgehead atoms. The number of benzene rings is 4. The highest BCUT2D eigenvalue weighted by atomic mass is 16.5. The van der Waals surface area contributed by atoms with Gasteiger partial charge in [-0.3, -0.25) is 9.98 Å². The minimum absolute atomic E-state index is 0.0456. The van der Waals surface area contributed by atoms with Crippen molar-refractivity contribution >= 4 is 22.6 Å². The largest absolute Gasteiger partial charge is 0.494 e. The second kappa shape index (κ2) is 15.9. The highest BCUT2D eigenvalue weighted by Crippen LogP contribution is 2.40. The molecule has 0 fully saturated rings. The number of nitrogens with zero attached hydrogens (tertiary/aromatic N) is 2. The SMILES string of the molecule is CCOc1ccc(/C2=C3\C=CC(N3)C(c3ccc(OCC)cc3)c3ccc([nH]3)/C(c3ccccc3)=C3/C=CC(=N3)C(c3ccc(OCC)cc3)C3C=CC2=N3)cc1. The van der Waals surface area contributed by atoms with Crippen LogP contribution < -0.4 is 19.5 Å². The summed E-state index contributed by atoms with van der Waals surface area (Å²) in [4.78, 5) is 14.9. The lowest BCUT2D eigenvalue weighted by Gasteiger charge is -2.25. The van der Waals surface area contributed by atoms with Crippen LogP contribution in [0.3, 0.4) is 0 Å². The summed E-state index contributed by atoms with van der Waals surface area (Å²) >= 11 is 0. The van der Waals surface area contributed by atoms with E-state index in [1.165, 1.54) is 5.56 Å². The lowest BCUT2D eigenvalue weighted by atomic mass is 9.87. The van der Waals surface area contributed by atoms with E-state index in [1.54, 1.807) is 0 Å². The first-order valence-corrected chi connectivity index (χ1v) is 20.0. The van der Waals surface area contributed by atoms with Gasteiger partial charge in [-0.2, -0.15) is 0 Å². The maximum atomic E-state index is 5.85. The van der Waals surface area contributed by atoms with E-state index >= 15 is 0 Å². The third-order valence-corrected chi connectivity index (χ3v) is 10.9. The molecule has 5 heterocycles. The lowest BCUT2D eigenvalue weighted by molar-refractivity contribution is 0.340. The molecule has 57 heavy (non-hydrogen) atoms. The highest BCUT2D eigenvalue weighted by Gasteiger charge is 2.34. The zero-order chi connectivity index (χ0) is 38.7. The molecule has 4 aliphatic heterocycles. The third-order valence-electron chi connectivity index (χ3n) is 10.9. The van der Waals surface area contributed by atoms with E-state index in [0.29, 0.717) is 19.8 Å². The number of rotatable bonds is 10. The van der Waals surface area contributed by atoms with Crippen LogP contribution in [0.2, 0.25) is 0 Å². The number of hydrogen-bond acceptors (Lipinski definition) is 6. The van der Waals surface area contributed by atoms with Crippen LogP contribution in [0.1, 0.15) is 66.2 Å². The van der Waals surface area contributed by atoms with Gasteiger partial charge in [-0.1, -0.05) is 78.9 Å². The summed E-state index contributed by atoms with van der Waals surface area (Å²) in [6, 6.07) is 40.0. The van der Waals surface area contributed by atoms with Crippen molar-refractivity contribution < 1.29 is 14.2 Å². The van der Waals surface area contributed by atoms with Crippen molar-refractivity contribution in [3.05, 3.63) is 197 Å². The Morgan fingerprint density at radius 1 is 0.561 bits per heavy atom. The molecule has 7 nitrogen and oxygen atoms in total. The van der Waals surface area contributed by atoms with Gasteiger partial charge < -0.3 is 24.5 Å². The number of allylic oxidation sites excluding steroid dienone is 5. The van der Waals surface area contributed by atoms with Gasteiger partial charge in [0.1, 0.15) is 17.2 Å². The van der Waals surface area contributed by atoms with E-state index < -0.39 is 0 Å². The van der Waals surface area contributed by atoms with Gasteiger partial charge in [-0.25, -0.2) is 0 Å². The molecule has 1 aromatic heterocycles. The molecule has 7 heteroatoms. The molecule has 0 spiro atoms. The number of ether oxygens (including phenoxy) is 3. The molecule has 284 valence electrons. The number of aliphatic imine (C=N–C) groups is 2. The van der Waals surface area contributed by atoms with Crippen LogP contribution >= 0.6 is 0 Å². The Bertz CT molecular complexity index is 2460. The fraction of sp³-hybridized carbons (Fsp3) is 0.200. The van der Waals surface area contributed by atoms with Crippen molar-refractivity contribution in [2.75, 3.05) is 19.8 Å². The molecule has 0 aliphatic carbocycles. The van der Waals surface area contributed by atoms with Crippen molar-refractivity contribution in [2.24, 2.45) is 9.98 Å². The van der Waals surface area contributed by atoms with Gasteiger partial charge >= 0.3 is 0 Å². The maximum Gasteiger partial charge on any atom is 0.119 e. The van der Waals surface area contributed by atoms with Crippen LogP contribution in [0.4, 0.5) is 0 Å². The van der Waals surface area contributed by atoms with E-state index in [9.17, 15) is 0 Å². The number of aromatic nitrogens is 1. The zero-order valence-electron chi connectivity index (χ0n) is 32.5. The summed E-state index contributed by atoms with van der Waals surface area (Å²) in [6.45, 7) is 7.86. The van der Waals surface area contributed by atoms with Crippen LogP contribution in [0, 0.1) is 0 Å². The molecule has 4 unspecified atom stereocenters. The summed E-state index contributed by atoms with van der Waals surface area (Å²) < 4.78 is 17.5. The molecule has 4 aromatic carbocycles. The Kier molecular flexibility index (Phi) is 10.0. The Labute approximate surface area is 334 Å². The van der Waals surface area contributed by atoms with Crippen molar-refractivity contribution in [3.8, 4) is 17.2 Å². The van der Waals surface area contributed by atoms with E-state index in [2.05, 4.69) is 150 Å². The van der Waals surface area contributed by atoms with Crippen molar-refractivity contribution in [1.29, 1.82) is 0 Å². The molecule has 5 aromatic rings. The standard InChI is InChI=1S/C50H46N4O3/c1-4-55-36-18-12-33(13-19-36)48-41-26-24-39(51-41)47(32-10-8-7-9-11-32)40-25-27-42(52-40)49(34-14-20-37(21-15-34)56-5-2)44-29-31-46(54-44)50(45-30-28-43(48)53-45)35-16-22-38(23-17-35)57-6-3/h7-31,43-44,48-49,51,53H,4-6H2,1-3H3/b47-40-,50-45-. The van der Waals surface area contributed by atoms with Gasteiger partial charge in [0.2, 0.25) is 0 Å². The summed E-state index contributed by atoms with van der Waals surface area (Å²) in [5, 5.41) is 3.97. The van der Waals surface area contributed by atoms with Crippen LogP contribution in [-0.2, 0) is 0 Å². The van der Waals surface area contributed by atoms with Crippen molar-refractivity contribution in [1.82, 2.24) is 10.3 Å². The smallest absolute Gasteiger partial charge is 0.119 e. The van der Waals surface area contributed by atoms with Gasteiger partial charge in [-0.05, 0) is 116 Å². The number of hydrogen-bond donors (Lipinski definition) is 2. The van der Waals surface area contributed by atoms with Gasteiger partial charge in [0.15, 0.2) is 0 Å². The van der Waals surface area contributed by atoms with Gasteiger partial charge in [0, 0.05) is 34.1 Å². The molecule has 0 saturated carbocycles. The minimum Gasteiger partial charge on any atom is -0.494 e. The molecule has 0 saturated heterocycles. The molecule has 4 aliphatic rings. The lowest BCUT2D eigenvalue weighted by Crippen LogP contribution is -2.30. The Morgan fingerprint density at radius 2 is 1.18 bits per heavy atom. The van der Waals surface area contributed by atoms with Crippen LogP contribution in [0.25, 0.3) is 11.1 Å². The summed E-state index contributed by atoms with van der Waals surface area (Å²) in [7, 11) is 0. The molecule has 4 atom stereocenters. The van der Waals surface area contributed by atoms with Crippen LogP contribution in [0.5, 0.6) is 17.2 Å². The highest BCUT2D eigenvalue weighted by molar-refractivity contribution is 6.31. The number of H-pyrrole nitrogens is 1. The topological polar surface area (TPSA) is 80.2 Å². The number of fused-ring (bicyclic) bond motifs is 6. The molecule has 0 amide bonds. The Hall–Kier alpha value is -6.60. The van der Waals surface area contributed by atoms with Crippen LogP contribution in [0.15, 0.2) is 173 Å². The normalized spacial score (nSPS) is 23.3. The predicted molar refractivity (Wildman–Crippen MR) is 231 cm³/mol. The van der Waals surface area contributed by atoms with Gasteiger partial charge in [-0.15, -0.1) is 0 Å². The quantitative estimate of drug-likeness (QED) is 0.149. The first-order valence-electron chi connectivity index (χ1n) is 20.0. The first-order chi connectivity index (χ1) is 28.1. The fourth-order valence-electron chi connectivity index (χ4n) is 8.40. The Morgan fingerprint density at radius 3 is 1.82 bits per heavy atom. The van der Waals surface area contributed by atoms with E-state index in [-0.39, 0.29) is 23.9 Å². The average Bonchev–Trinajstić information content (AvgIpc) is 4.09. The Balaban J connectivity index is 1.25. The second-order valence-corrected chi connectivity index (χ2v) is 14.4. The summed E-state index contributed by atoms with van der Waals surface area (Å²) in [5.41, 5.74) is 12.5. The van der Waals surface area contributed by atoms with Crippen LogP contribution in [-0.4, -0.2) is 48.3 Å². The summed E-state index contributed by atoms with van der Waals surface area (Å²) in [5.74, 6) is 2.36. The monoisotopic (exact) mass is 750 g/mol. The molecular formula is C50H46N4O3. The number of nitrogens with one attached hydrogen (secondary N) is 2. The van der Waals surface area contributed by atoms with Crippen molar-refractivity contribution in [2.45, 2.75) is 44.7 Å². The molecule has 9 rings (SSSR count). The molecule has 0 radical (unpaired) electrons. The average molecular weight is 751 g/mol. The third kappa shape index (κ3) is 7.17. The fourth-order valence-corrected chi connectivity index (χ4v) is 8.40. The van der Waals surface area contributed by atoms with Gasteiger partial charge in [0.05, 0.1) is 54.9 Å². The molecular weight excluding hydrogens is 705 g/mol. The zero-order valence-corrected chi connectivity index (χ0v) is 32.5. The first kappa shape index (κ1) is 36.1. The number of aromatic amines is 1. The van der Waals surface area contributed by atoms with Gasteiger partial charge in [0.25, 0.3) is 0 Å². The maximum absolute atomic E-state index is 5.85. The van der Waals surface area contributed by atoms with E-state index in [0.717, 1.165) is 79.3 Å². The summed E-state index contributed by atoms with van der Waals surface area (Å²) in [6.07, 6.45) is 13.2. The predicted octanol–water partition coefficient (Wildman–Crippen LogP) is 10.2. The minimum atomic E-state index is -0.193. The molecule has 2 N–H and O–H groups in total. The van der Waals surface area contributed by atoms with E-state index in [1.807, 2.05) is 32.9 Å².